The summed E-state index contributed by atoms with van der Waals surface area (Å²) in [5.41, 5.74) is -0.715. The first-order chi connectivity index (χ1) is 13.3. The lowest BCUT2D eigenvalue weighted by Gasteiger charge is -2.28. The molecule has 0 bridgehead atoms. The molecular weight excluding hydrogens is 364 g/mol. The number of hydrogen-bond donors (Lipinski definition) is 3. The second kappa shape index (κ2) is 13.3. The van der Waals surface area contributed by atoms with Gasteiger partial charge >= 0.3 is 5.97 Å². The predicted octanol–water partition coefficient (Wildman–Crippen LogP) is 1.08. The van der Waals surface area contributed by atoms with Crippen LogP contribution in [-0.2, 0) is 23.9 Å². The number of amides is 2. The van der Waals surface area contributed by atoms with Crippen molar-refractivity contribution >= 4 is 17.8 Å². The molecular formula is C20H34N2O6. The highest BCUT2D eigenvalue weighted by Gasteiger charge is 2.28. The van der Waals surface area contributed by atoms with E-state index in [4.69, 9.17) is 14.6 Å². The first kappa shape index (κ1) is 24.1. The van der Waals surface area contributed by atoms with Gasteiger partial charge in [0.1, 0.15) is 6.61 Å². The number of rotatable bonds is 7. The number of hydrogen-bond acceptors (Lipinski definition) is 6. The standard InChI is InChI=1S/C20H34N2O6/c1-20(2)15-28-18(25)9-7-5-3-4-6-8-16(19(26)22-20)14-17(24)21-10-12-27-13-11-23/h4,6,16,23H,3,5,7-15H2,1-2H3,(H,21,24)(H,22,26)/t16-/m1/s1. The average Bonchev–Trinajstić information content (AvgIpc) is 2.63. The van der Waals surface area contributed by atoms with Crippen molar-refractivity contribution in [3.8, 4) is 0 Å². The Morgan fingerprint density at radius 1 is 1.32 bits per heavy atom. The lowest BCUT2D eigenvalue weighted by molar-refractivity contribution is -0.147. The smallest absolute Gasteiger partial charge is 0.305 e. The van der Waals surface area contributed by atoms with E-state index in [2.05, 4.69) is 10.6 Å². The molecule has 0 saturated heterocycles. The van der Waals surface area contributed by atoms with E-state index in [0.717, 1.165) is 19.3 Å². The van der Waals surface area contributed by atoms with Crippen LogP contribution in [-0.4, -0.2) is 61.4 Å². The third-order valence-electron chi connectivity index (χ3n) is 4.25. The van der Waals surface area contributed by atoms with Gasteiger partial charge in [0.2, 0.25) is 11.8 Å². The van der Waals surface area contributed by atoms with Crippen molar-refractivity contribution in [1.82, 2.24) is 10.6 Å². The third kappa shape index (κ3) is 11.0. The zero-order chi connectivity index (χ0) is 20.8. The Morgan fingerprint density at radius 2 is 2.11 bits per heavy atom. The van der Waals surface area contributed by atoms with Gasteiger partial charge in [-0.3, -0.25) is 14.4 Å². The molecule has 0 aromatic carbocycles. The fourth-order valence-electron chi connectivity index (χ4n) is 2.72. The molecule has 3 N–H and O–H groups in total. The molecule has 28 heavy (non-hydrogen) atoms. The maximum Gasteiger partial charge on any atom is 0.305 e. The molecule has 160 valence electrons. The van der Waals surface area contributed by atoms with Gasteiger partial charge in [-0.2, -0.15) is 0 Å². The quantitative estimate of drug-likeness (QED) is 0.336. The number of cyclic esters (lactones) is 1. The highest BCUT2D eigenvalue weighted by Crippen LogP contribution is 2.15. The molecule has 0 unspecified atom stereocenters. The Morgan fingerprint density at radius 3 is 2.86 bits per heavy atom. The predicted molar refractivity (Wildman–Crippen MR) is 104 cm³/mol. The summed E-state index contributed by atoms with van der Waals surface area (Å²) in [7, 11) is 0. The Hall–Kier alpha value is -1.93. The van der Waals surface area contributed by atoms with Crippen LogP contribution in [0.15, 0.2) is 12.2 Å². The minimum atomic E-state index is -0.715. The van der Waals surface area contributed by atoms with Crippen molar-refractivity contribution in [3.05, 3.63) is 12.2 Å². The molecule has 1 aliphatic rings. The molecule has 2 amide bonds. The van der Waals surface area contributed by atoms with Crippen LogP contribution in [0, 0.1) is 5.92 Å². The van der Waals surface area contributed by atoms with E-state index in [-0.39, 0.29) is 44.0 Å². The van der Waals surface area contributed by atoms with E-state index in [9.17, 15) is 14.4 Å². The minimum Gasteiger partial charge on any atom is -0.463 e. The molecule has 1 atom stereocenters. The van der Waals surface area contributed by atoms with Crippen LogP contribution < -0.4 is 10.6 Å². The zero-order valence-electron chi connectivity index (χ0n) is 17.0. The lowest BCUT2D eigenvalue weighted by atomic mass is 9.96. The number of aliphatic hydroxyl groups excluding tert-OH is 1. The fraction of sp³-hybridized carbons (Fsp3) is 0.750. The Labute approximate surface area is 167 Å². The van der Waals surface area contributed by atoms with Crippen LogP contribution in [0.2, 0.25) is 0 Å². The van der Waals surface area contributed by atoms with E-state index in [0.29, 0.717) is 26.0 Å². The van der Waals surface area contributed by atoms with Crippen molar-refractivity contribution in [1.29, 1.82) is 0 Å². The van der Waals surface area contributed by atoms with E-state index in [1.807, 2.05) is 12.2 Å². The topological polar surface area (TPSA) is 114 Å². The number of carbonyl (C=O) groups is 3. The van der Waals surface area contributed by atoms with Gasteiger partial charge in [0.15, 0.2) is 0 Å². The number of esters is 1. The molecule has 0 aromatic rings. The van der Waals surface area contributed by atoms with E-state index in [1.165, 1.54) is 0 Å². The maximum atomic E-state index is 12.7. The number of aliphatic hydroxyl groups is 1. The molecule has 0 spiro atoms. The Balaban J connectivity index is 2.65. The largest absolute Gasteiger partial charge is 0.463 e. The summed E-state index contributed by atoms with van der Waals surface area (Å²) in [6.45, 7) is 4.46. The first-order valence-corrected chi connectivity index (χ1v) is 9.92. The third-order valence-corrected chi connectivity index (χ3v) is 4.25. The van der Waals surface area contributed by atoms with Gasteiger partial charge in [-0.25, -0.2) is 0 Å². The lowest BCUT2D eigenvalue weighted by Crippen LogP contribution is -2.50. The van der Waals surface area contributed by atoms with E-state index >= 15 is 0 Å². The van der Waals surface area contributed by atoms with Gasteiger partial charge in [-0.05, 0) is 39.5 Å². The van der Waals surface area contributed by atoms with Crippen molar-refractivity contribution in [2.45, 2.75) is 57.9 Å². The normalized spacial score (nSPS) is 21.3. The summed E-state index contributed by atoms with van der Waals surface area (Å²) in [6.07, 6.45) is 7.29. The first-order valence-electron chi connectivity index (χ1n) is 9.92. The monoisotopic (exact) mass is 398 g/mol. The van der Waals surface area contributed by atoms with Crippen LogP contribution in [0.5, 0.6) is 0 Å². The SMILES string of the molecule is CC1(C)COC(=O)CCCCC=CC[C@H](CC(=O)NCCOCCO)C(=O)N1. The molecule has 8 nitrogen and oxygen atoms in total. The molecule has 0 saturated carbocycles. The Kier molecular flexibility index (Phi) is 11.4. The maximum absolute atomic E-state index is 12.7. The van der Waals surface area contributed by atoms with Gasteiger partial charge in [0.05, 0.1) is 31.3 Å². The summed E-state index contributed by atoms with van der Waals surface area (Å²) >= 11 is 0. The molecule has 0 radical (unpaired) electrons. The average molecular weight is 399 g/mol. The Bertz CT molecular complexity index is 533. The number of carbonyl (C=O) groups excluding carboxylic acids is 3. The highest BCUT2D eigenvalue weighted by atomic mass is 16.5. The summed E-state index contributed by atoms with van der Waals surface area (Å²) in [5.74, 6) is -1.24. The molecule has 0 fully saturated rings. The number of nitrogens with one attached hydrogen (secondary N) is 2. The van der Waals surface area contributed by atoms with Gasteiger partial charge in [0.25, 0.3) is 0 Å². The number of ether oxygens (including phenoxy) is 2. The van der Waals surface area contributed by atoms with Gasteiger partial charge in [0, 0.05) is 19.4 Å². The summed E-state index contributed by atoms with van der Waals surface area (Å²) in [4.78, 5) is 36.7. The van der Waals surface area contributed by atoms with Crippen molar-refractivity contribution in [2.24, 2.45) is 5.92 Å². The van der Waals surface area contributed by atoms with E-state index < -0.39 is 11.5 Å². The van der Waals surface area contributed by atoms with Crippen LogP contribution in [0.1, 0.15) is 52.4 Å². The van der Waals surface area contributed by atoms with E-state index in [1.54, 1.807) is 13.8 Å². The second-order valence-electron chi connectivity index (χ2n) is 7.57. The molecule has 8 heteroatoms. The summed E-state index contributed by atoms with van der Waals surface area (Å²) in [6, 6.07) is 0. The number of allylic oxidation sites excluding steroid dienone is 2. The van der Waals surface area contributed by atoms with Gasteiger partial charge in [-0.15, -0.1) is 0 Å². The van der Waals surface area contributed by atoms with Crippen LogP contribution >= 0.6 is 0 Å². The second-order valence-corrected chi connectivity index (χ2v) is 7.57. The summed E-state index contributed by atoms with van der Waals surface area (Å²) in [5, 5.41) is 14.3. The summed E-state index contributed by atoms with van der Waals surface area (Å²) < 4.78 is 10.4. The molecule has 0 aromatic heterocycles. The fourth-order valence-corrected chi connectivity index (χ4v) is 2.72. The minimum absolute atomic E-state index is 0.0615. The van der Waals surface area contributed by atoms with Crippen LogP contribution in [0.3, 0.4) is 0 Å². The van der Waals surface area contributed by atoms with Crippen molar-refractivity contribution in [3.63, 3.8) is 0 Å². The molecule has 0 aliphatic carbocycles. The van der Waals surface area contributed by atoms with Crippen molar-refractivity contribution in [2.75, 3.05) is 33.0 Å². The zero-order valence-corrected chi connectivity index (χ0v) is 17.0. The van der Waals surface area contributed by atoms with Gasteiger partial charge < -0.3 is 25.2 Å². The van der Waals surface area contributed by atoms with Gasteiger partial charge in [-0.1, -0.05) is 12.2 Å². The van der Waals surface area contributed by atoms with Crippen molar-refractivity contribution < 1.29 is 29.0 Å². The molecule has 1 rings (SSSR count). The van der Waals surface area contributed by atoms with Crippen LogP contribution in [0.25, 0.3) is 0 Å². The molecule has 1 heterocycles. The molecule has 1 aliphatic heterocycles. The highest BCUT2D eigenvalue weighted by molar-refractivity contribution is 5.86. The van der Waals surface area contributed by atoms with Crippen LogP contribution in [0.4, 0.5) is 0 Å².